The molecular formula is C22H19N3O5S. The minimum Gasteiger partial charge on any atom is -0.457 e. The monoisotopic (exact) mass is 437 g/mol. The first-order chi connectivity index (χ1) is 15.0. The van der Waals surface area contributed by atoms with Crippen LogP contribution in [-0.4, -0.2) is 32.6 Å². The largest absolute Gasteiger partial charge is 0.457 e. The fourth-order valence-corrected chi connectivity index (χ4v) is 4.59. The molecule has 2 aromatic carbocycles. The number of rotatable bonds is 5. The van der Waals surface area contributed by atoms with E-state index < -0.39 is 16.9 Å². The van der Waals surface area contributed by atoms with Gasteiger partial charge < -0.3 is 4.74 Å². The summed E-state index contributed by atoms with van der Waals surface area (Å²) < 4.78 is 5.54. The summed E-state index contributed by atoms with van der Waals surface area (Å²) in [5.41, 5.74) is 1.81. The molecule has 2 aromatic rings. The number of ether oxygens (including phenoxy) is 1. The minimum absolute atomic E-state index is 0.0668. The zero-order valence-electron chi connectivity index (χ0n) is 16.7. The number of benzene rings is 2. The van der Waals surface area contributed by atoms with Crippen LogP contribution in [0.1, 0.15) is 30.5 Å². The standard InChI is InChI=1S/C22H19N3O5S/c1-14-19(21(27)30-13-15-6-3-2-4-7-15)20(16-8-5-9-17(12-16)25(28)29)24-18(26)10-11-31-22(24)23-14/h2-9,12,20H,10-11,13H2,1H3. The molecule has 1 atom stereocenters. The van der Waals surface area contributed by atoms with Crippen LogP contribution in [0.4, 0.5) is 5.69 Å². The van der Waals surface area contributed by atoms with Gasteiger partial charge in [0.15, 0.2) is 5.17 Å². The van der Waals surface area contributed by atoms with Crippen LogP contribution in [-0.2, 0) is 20.9 Å². The molecule has 0 radical (unpaired) electrons. The third kappa shape index (κ3) is 4.22. The molecule has 0 spiro atoms. The van der Waals surface area contributed by atoms with Gasteiger partial charge in [0.25, 0.3) is 5.69 Å². The van der Waals surface area contributed by atoms with E-state index in [1.54, 1.807) is 19.1 Å². The molecule has 1 fully saturated rings. The molecule has 1 amide bonds. The van der Waals surface area contributed by atoms with Gasteiger partial charge in [-0.25, -0.2) is 9.79 Å². The van der Waals surface area contributed by atoms with E-state index in [2.05, 4.69) is 4.99 Å². The van der Waals surface area contributed by atoms with Crippen molar-refractivity contribution in [2.75, 3.05) is 5.75 Å². The van der Waals surface area contributed by atoms with Crippen LogP contribution in [0.15, 0.2) is 70.9 Å². The predicted molar refractivity (Wildman–Crippen MR) is 116 cm³/mol. The van der Waals surface area contributed by atoms with Gasteiger partial charge in [-0.2, -0.15) is 0 Å². The van der Waals surface area contributed by atoms with Crippen molar-refractivity contribution in [2.45, 2.75) is 26.0 Å². The number of nitro benzene ring substituents is 1. The second-order valence-electron chi connectivity index (χ2n) is 7.07. The van der Waals surface area contributed by atoms with Gasteiger partial charge in [0, 0.05) is 24.3 Å². The smallest absolute Gasteiger partial charge is 0.338 e. The quantitative estimate of drug-likeness (QED) is 0.398. The zero-order chi connectivity index (χ0) is 22.0. The third-order valence-corrected chi connectivity index (χ3v) is 5.99. The molecule has 1 saturated heterocycles. The van der Waals surface area contributed by atoms with Gasteiger partial charge in [-0.3, -0.25) is 19.8 Å². The Labute approximate surface area is 182 Å². The van der Waals surface area contributed by atoms with Gasteiger partial charge in [0.2, 0.25) is 5.91 Å². The topological polar surface area (TPSA) is 102 Å². The first-order valence-electron chi connectivity index (χ1n) is 9.65. The van der Waals surface area contributed by atoms with E-state index in [9.17, 15) is 19.7 Å². The number of thioether (sulfide) groups is 1. The fourth-order valence-electron chi connectivity index (χ4n) is 3.58. The number of carbonyl (C=O) groups is 2. The first-order valence-corrected chi connectivity index (χ1v) is 10.6. The Hall–Kier alpha value is -3.46. The van der Waals surface area contributed by atoms with Crippen LogP contribution in [0.25, 0.3) is 0 Å². The Balaban J connectivity index is 1.74. The number of non-ortho nitro benzene ring substituents is 1. The van der Waals surface area contributed by atoms with Gasteiger partial charge >= 0.3 is 5.97 Å². The molecule has 9 heteroatoms. The van der Waals surface area contributed by atoms with Gasteiger partial charge in [-0.1, -0.05) is 54.2 Å². The number of amidine groups is 1. The average molecular weight is 437 g/mol. The number of aliphatic imine (C=N–C) groups is 1. The summed E-state index contributed by atoms with van der Waals surface area (Å²) in [4.78, 5) is 42.7. The summed E-state index contributed by atoms with van der Waals surface area (Å²) in [5, 5.41) is 11.8. The molecule has 158 valence electrons. The van der Waals surface area contributed by atoms with E-state index in [0.29, 0.717) is 28.6 Å². The number of fused-ring (bicyclic) bond motifs is 1. The lowest BCUT2D eigenvalue weighted by Crippen LogP contribution is -2.45. The average Bonchev–Trinajstić information content (AvgIpc) is 2.77. The van der Waals surface area contributed by atoms with Crippen molar-refractivity contribution >= 4 is 34.5 Å². The van der Waals surface area contributed by atoms with Crippen molar-refractivity contribution < 1.29 is 19.2 Å². The highest BCUT2D eigenvalue weighted by Crippen LogP contribution is 2.41. The molecule has 2 heterocycles. The number of nitro groups is 1. The van der Waals surface area contributed by atoms with Gasteiger partial charge in [0.05, 0.1) is 22.2 Å². The van der Waals surface area contributed by atoms with Gasteiger partial charge in [0.1, 0.15) is 6.61 Å². The van der Waals surface area contributed by atoms with Crippen molar-refractivity contribution in [2.24, 2.45) is 4.99 Å². The Kier molecular flexibility index (Phi) is 5.85. The number of esters is 1. The Morgan fingerprint density at radius 3 is 2.77 bits per heavy atom. The maximum absolute atomic E-state index is 13.1. The highest BCUT2D eigenvalue weighted by atomic mass is 32.2. The molecule has 8 nitrogen and oxygen atoms in total. The molecule has 31 heavy (non-hydrogen) atoms. The van der Waals surface area contributed by atoms with E-state index in [0.717, 1.165) is 5.56 Å². The molecule has 1 unspecified atom stereocenters. The lowest BCUT2D eigenvalue weighted by Gasteiger charge is -2.38. The van der Waals surface area contributed by atoms with Crippen molar-refractivity contribution in [3.63, 3.8) is 0 Å². The maximum atomic E-state index is 13.1. The van der Waals surface area contributed by atoms with Gasteiger partial charge in [-0.15, -0.1) is 0 Å². The number of hydrogen-bond acceptors (Lipinski definition) is 7. The van der Waals surface area contributed by atoms with Crippen LogP contribution in [0, 0.1) is 10.1 Å². The number of nitrogens with zero attached hydrogens (tertiary/aromatic N) is 3. The molecular weight excluding hydrogens is 418 g/mol. The molecule has 0 bridgehead atoms. The van der Waals surface area contributed by atoms with Gasteiger partial charge in [-0.05, 0) is 18.1 Å². The minimum atomic E-state index is -0.837. The Bertz CT molecular complexity index is 1110. The highest BCUT2D eigenvalue weighted by Gasteiger charge is 2.42. The molecule has 0 aliphatic carbocycles. The van der Waals surface area contributed by atoms with Crippen molar-refractivity contribution in [1.29, 1.82) is 0 Å². The number of carbonyl (C=O) groups excluding carboxylic acids is 2. The van der Waals surface area contributed by atoms with E-state index >= 15 is 0 Å². The molecule has 2 aliphatic heterocycles. The van der Waals surface area contributed by atoms with E-state index in [1.165, 1.54) is 28.8 Å². The third-order valence-electron chi connectivity index (χ3n) is 5.04. The van der Waals surface area contributed by atoms with Crippen LogP contribution < -0.4 is 0 Å². The maximum Gasteiger partial charge on any atom is 0.338 e. The summed E-state index contributed by atoms with van der Waals surface area (Å²) in [7, 11) is 0. The predicted octanol–water partition coefficient (Wildman–Crippen LogP) is 3.99. The van der Waals surface area contributed by atoms with Crippen molar-refractivity contribution in [3.05, 3.63) is 87.1 Å². The molecule has 0 aromatic heterocycles. The van der Waals surface area contributed by atoms with E-state index in [-0.39, 0.29) is 23.8 Å². The van der Waals surface area contributed by atoms with E-state index in [1.807, 2.05) is 30.3 Å². The second-order valence-corrected chi connectivity index (χ2v) is 8.13. The van der Waals surface area contributed by atoms with Crippen molar-refractivity contribution in [3.8, 4) is 0 Å². The molecule has 0 N–H and O–H groups in total. The van der Waals surface area contributed by atoms with Crippen LogP contribution in [0.2, 0.25) is 0 Å². The molecule has 2 aliphatic rings. The van der Waals surface area contributed by atoms with Crippen LogP contribution in [0.5, 0.6) is 0 Å². The number of amides is 1. The molecule has 0 saturated carbocycles. The van der Waals surface area contributed by atoms with Crippen molar-refractivity contribution in [1.82, 2.24) is 4.90 Å². The van der Waals surface area contributed by atoms with Crippen LogP contribution in [0.3, 0.4) is 0 Å². The summed E-state index contributed by atoms with van der Waals surface area (Å²) in [6.45, 7) is 1.75. The number of allylic oxidation sites excluding steroid dienone is 1. The Morgan fingerprint density at radius 2 is 2.03 bits per heavy atom. The highest BCUT2D eigenvalue weighted by molar-refractivity contribution is 8.14. The van der Waals surface area contributed by atoms with E-state index in [4.69, 9.17) is 4.74 Å². The summed E-state index contributed by atoms with van der Waals surface area (Å²) in [6.07, 6.45) is 0.292. The number of hydrogen-bond donors (Lipinski definition) is 0. The molecule has 4 rings (SSSR count). The normalized spacial score (nSPS) is 18.4. The Morgan fingerprint density at radius 1 is 1.26 bits per heavy atom. The van der Waals surface area contributed by atoms with Crippen LogP contribution >= 0.6 is 11.8 Å². The summed E-state index contributed by atoms with van der Waals surface area (Å²) >= 11 is 1.42. The SMILES string of the molecule is CC1=C(C(=O)OCc2ccccc2)C(c2cccc([N+](=O)[O-])c2)N2C(=O)CCSC2=N1. The second kappa shape index (κ2) is 8.73. The lowest BCUT2D eigenvalue weighted by molar-refractivity contribution is -0.384. The first kappa shape index (κ1) is 20.8. The lowest BCUT2D eigenvalue weighted by atomic mass is 9.94. The zero-order valence-corrected chi connectivity index (χ0v) is 17.5. The fraction of sp³-hybridized carbons (Fsp3) is 0.227. The summed E-state index contributed by atoms with van der Waals surface area (Å²) in [5.74, 6) is -0.199. The summed E-state index contributed by atoms with van der Waals surface area (Å²) in [6, 6.07) is 14.4.